The van der Waals surface area contributed by atoms with E-state index in [2.05, 4.69) is 96.3 Å². The molecule has 0 amide bonds. The highest BCUT2D eigenvalue weighted by Gasteiger charge is 2.21. The monoisotopic (exact) mass is 563 g/mol. The molecule has 1 aliphatic rings. The SMILES string of the molecule is N#Cc1cc(C#N)cc(-c2ccc3c(-c4ccc(C5=NC(c6ccccc6)NC(c6ccccc6)=N5)cc4)cccc3c2)c1. The zero-order valence-corrected chi connectivity index (χ0v) is 23.6. The van der Waals surface area contributed by atoms with Crippen molar-refractivity contribution in [1.82, 2.24) is 5.32 Å². The highest BCUT2D eigenvalue weighted by Crippen LogP contribution is 2.33. The van der Waals surface area contributed by atoms with E-state index in [0.717, 1.165) is 55.6 Å². The van der Waals surface area contributed by atoms with Crippen molar-refractivity contribution in [2.75, 3.05) is 0 Å². The van der Waals surface area contributed by atoms with E-state index in [0.29, 0.717) is 17.0 Å². The first-order valence-electron chi connectivity index (χ1n) is 14.3. The van der Waals surface area contributed by atoms with Gasteiger partial charge in [-0.05, 0) is 62.9 Å². The minimum atomic E-state index is -0.246. The fourth-order valence-corrected chi connectivity index (χ4v) is 5.56. The molecule has 1 N–H and O–H groups in total. The Morgan fingerprint density at radius 2 is 1.20 bits per heavy atom. The molecule has 0 radical (unpaired) electrons. The number of aliphatic imine (C=N–C) groups is 2. The molecule has 0 bridgehead atoms. The molecule has 1 aliphatic heterocycles. The van der Waals surface area contributed by atoms with Crippen molar-refractivity contribution in [2.45, 2.75) is 6.17 Å². The average Bonchev–Trinajstić information content (AvgIpc) is 3.11. The normalized spacial score (nSPS) is 14.1. The van der Waals surface area contributed by atoms with Gasteiger partial charge in [-0.2, -0.15) is 10.5 Å². The van der Waals surface area contributed by atoms with Crippen molar-refractivity contribution < 1.29 is 0 Å². The molecular formula is C39H25N5. The van der Waals surface area contributed by atoms with Crippen LogP contribution in [-0.2, 0) is 0 Å². The molecule has 7 rings (SSSR count). The van der Waals surface area contributed by atoms with E-state index in [-0.39, 0.29) is 6.17 Å². The maximum absolute atomic E-state index is 9.42. The van der Waals surface area contributed by atoms with Crippen LogP contribution in [0.2, 0.25) is 0 Å². The third-order valence-corrected chi connectivity index (χ3v) is 7.76. The Labute approximate surface area is 255 Å². The highest BCUT2D eigenvalue weighted by atomic mass is 15.2. The molecule has 5 nitrogen and oxygen atoms in total. The molecule has 0 spiro atoms. The summed E-state index contributed by atoms with van der Waals surface area (Å²) in [6.45, 7) is 0. The molecule has 6 aromatic carbocycles. The lowest BCUT2D eigenvalue weighted by atomic mass is 9.94. The number of fused-ring (bicyclic) bond motifs is 1. The number of nitrogens with one attached hydrogen (secondary N) is 1. The first-order valence-corrected chi connectivity index (χ1v) is 14.3. The van der Waals surface area contributed by atoms with Gasteiger partial charge in [-0.15, -0.1) is 0 Å². The second-order valence-corrected chi connectivity index (χ2v) is 10.6. The van der Waals surface area contributed by atoms with Gasteiger partial charge in [0.2, 0.25) is 0 Å². The smallest absolute Gasteiger partial charge is 0.159 e. The molecule has 44 heavy (non-hydrogen) atoms. The van der Waals surface area contributed by atoms with E-state index >= 15 is 0 Å². The number of rotatable bonds is 5. The van der Waals surface area contributed by atoms with E-state index in [1.165, 1.54) is 0 Å². The first kappa shape index (κ1) is 26.6. The van der Waals surface area contributed by atoms with Crippen LogP contribution in [0.25, 0.3) is 33.0 Å². The van der Waals surface area contributed by atoms with Gasteiger partial charge < -0.3 is 5.32 Å². The van der Waals surface area contributed by atoms with Gasteiger partial charge >= 0.3 is 0 Å². The van der Waals surface area contributed by atoms with Gasteiger partial charge in [-0.1, -0.05) is 115 Å². The van der Waals surface area contributed by atoms with Crippen molar-refractivity contribution in [1.29, 1.82) is 10.5 Å². The molecule has 0 saturated carbocycles. The minimum Gasteiger partial charge on any atom is -0.344 e. The Bertz CT molecular complexity index is 2120. The van der Waals surface area contributed by atoms with E-state index in [1.807, 2.05) is 54.6 Å². The van der Waals surface area contributed by atoms with Gasteiger partial charge in [0.05, 0.1) is 23.3 Å². The van der Waals surface area contributed by atoms with Gasteiger partial charge in [0.1, 0.15) is 12.0 Å². The molecule has 0 aliphatic carbocycles. The van der Waals surface area contributed by atoms with Crippen LogP contribution < -0.4 is 5.32 Å². The number of nitriles is 2. The molecule has 5 heteroatoms. The third-order valence-electron chi connectivity index (χ3n) is 7.76. The van der Waals surface area contributed by atoms with Gasteiger partial charge in [-0.25, -0.2) is 9.98 Å². The fourth-order valence-electron chi connectivity index (χ4n) is 5.56. The lowest BCUT2D eigenvalue weighted by Gasteiger charge is -2.23. The number of benzene rings is 6. The van der Waals surface area contributed by atoms with Crippen molar-refractivity contribution in [3.05, 3.63) is 167 Å². The Morgan fingerprint density at radius 1 is 0.545 bits per heavy atom. The Kier molecular flexibility index (Phi) is 6.97. The second kappa shape index (κ2) is 11.5. The summed E-state index contributed by atoms with van der Waals surface area (Å²) in [5.41, 5.74) is 7.99. The number of amidine groups is 2. The second-order valence-electron chi connectivity index (χ2n) is 10.6. The summed E-state index contributed by atoms with van der Waals surface area (Å²) in [5.74, 6) is 1.47. The van der Waals surface area contributed by atoms with Crippen molar-refractivity contribution >= 4 is 22.4 Å². The predicted octanol–water partition coefficient (Wildman–Crippen LogP) is 8.41. The quantitative estimate of drug-likeness (QED) is 0.229. The molecule has 1 atom stereocenters. The zero-order chi connectivity index (χ0) is 29.9. The van der Waals surface area contributed by atoms with Crippen molar-refractivity contribution in [3.63, 3.8) is 0 Å². The first-order chi connectivity index (χ1) is 21.7. The maximum atomic E-state index is 9.42. The average molecular weight is 564 g/mol. The molecule has 1 heterocycles. The maximum Gasteiger partial charge on any atom is 0.159 e. The van der Waals surface area contributed by atoms with Crippen LogP contribution >= 0.6 is 0 Å². The molecular weight excluding hydrogens is 538 g/mol. The summed E-state index contributed by atoms with van der Waals surface area (Å²) in [4.78, 5) is 9.92. The van der Waals surface area contributed by atoms with Gasteiger partial charge in [0, 0.05) is 11.1 Å². The van der Waals surface area contributed by atoms with Gasteiger partial charge in [0.15, 0.2) is 5.84 Å². The Balaban J connectivity index is 1.24. The largest absolute Gasteiger partial charge is 0.344 e. The number of hydrogen-bond donors (Lipinski definition) is 1. The lowest BCUT2D eigenvalue weighted by Crippen LogP contribution is -2.33. The van der Waals surface area contributed by atoms with Crippen molar-refractivity contribution in [2.24, 2.45) is 9.98 Å². The zero-order valence-electron chi connectivity index (χ0n) is 23.6. The van der Waals surface area contributed by atoms with Crippen LogP contribution in [0.3, 0.4) is 0 Å². The fraction of sp³-hybridized carbons (Fsp3) is 0.0256. The molecule has 0 aromatic heterocycles. The number of hydrogen-bond acceptors (Lipinski definition) is 5. The van der Waals surface area contributed by atoms with Crippen LogP contribution in [-0.4, -0.2) is 11.7 Å². The number of nitrogens with zero attached hydrogens (tertiary/aromatic N) is 4. The van der Waals surface area contributed by atoms with Gasteiger partial charge in [-0.3, -0.25) is 0 Å². The summed E-state index contributed by atoms with van der Waals surface area (Å²) in [6, 6.07) is 50.8. The summed E-state index contributed by atoms with van der Waals surface area (Å²) < 4.78 is 0. The molecule has 206 valence electrons. The predicted molar refractivity (Wildman–Crippen MR) is 176 cm³/mol. The van der Waals surface area contributed by atoms with E-state index in [4.69, 9.17) is 9.98 Å². The highest BCUT2D eigenvalue weighted by molar-refractivity contribution is 6.13. The van der Waals surface area contributed by atoms with E-state index < -0.39 is 0 Å². The van der Waals surface area contributed by atoms with Crippen LogP contribution in [0.4, 0.5) is 0 Å². The van der Waals surface area contributed by atoms with E-state index in [9.17, 15) is 10.5 Å². The Hall–Kier alpha value is -6.30. The summed E-state index contributed by atoms with van der Waals surface area (Å²) in [6.07, 6.45) is -0.246. The summed E-state index contributed by atoms with van der Waals surface area (Å²) >= 11 is 0. The Morgan fingerprint density at radius 3 is 1.91 bits per heavy atom. The molecule has 0 saturated heterocycles. The van der Waals surface area contributed by atoms with E-state index in [1.54, 1.807) is 6.07 Å². The molecule has 0 fully saturated rings. The van der Waals surface area contributed by atoms with Crippen LogP contribution in [0.1, 0.15) is 34.0 Å². The lowest BCUT2D eigenvalue weighted by molar-refractivity contribution is 0.674. The molecule has 1 unspecified atom stereocenters. The van der Waals surface area contributed by atoms with Crippen LogP contribution in [0.5, 0.6) is 0 Å². The standard InChI is InChI=1S/C39H25N5/c40-24-26-20-27(25-41)22-34(21-26)32-18-19-36-33(23-32)12-7-13-35(36)28-14-16-31(17-15-28)39-43-37(29-8-3-1-4-9-29)42-38(44-39)30-10-5-2-6-11-30/h1-23,37H,(H,42,43,44). The van der Waals surface area contributed by atoms with Crippen LogP contribution in [0.15, 0.2) is 150 Å². The third kappa shape index (κ3) is 5.23. The topological polar surface area (TPSA) is 84.3 Å². The summed E-state index contributed by atoms with van der Waals surface area (Å²) in [7, 11) is 0. The van der Waals surface area contributed by atoms with Crippen LogP contribution in [0, 0.1) is 22.7 Å². The summed E-state index contributed by atoms with van der Waals surface area (Å²) in [5, 5.41) is 24.5. The van der Waals surface area contributed by atoms with Gasteiger partial charge in [0.25, 0.3) is 0 Å². The molecule has 6 aromatic rings. The van der Waals surface area contributed by atoms with Crippen molar-refractivity contribution in [3.8, 4) is 34.4 Å². The minimum absolute atomic E-state index is 0.246.